The van der Waals surface area contributed by atoms with Gasteiger partial charge in [0.15, 0.2) is 5.43 Å². The van der Waals surface area contributed by atoms with E-state index in [-0.39, 0.29) is 22.5 Å². The minimum absolute atomic E-state index is 0.00356. The quantitative estimate of drug-likeness (QED) is 0.833. The van der Waals surface area contributed by atoms with Gasteiger partial charge in [-0.1, -0.05) is 30.4 Å². The number of rotatable bonds is 1. The molecule has 1 aliphatic rings. The molecule has 0 fully saturated rings. The van der Waals surface area contributed by atoms with Crippen molar-refractivity contribution < 1.29 is 9.52 Å². The van der Waals surface area contributed by atoms with E-state index in [9.17, 15) is 9.90 Å². The van der Waals surface area contributed by atoms with E-state index in [1.807, 2.05) is 31.2 Å². The zero-order valence-corrected chi connectivity index (χ0v) is 9.88. The number of hydrogen-bond donors (Lipinski definition) is 1. The van der Waals surface area contributed by atoms with Gasteiger partial charge in [0, 0.05) is 6.07 Å². The second-order valence-corrected chi connectivity index (χ2v) is 4.41. The van der Waals surface area contributed by atoms with E-state index in [0.717, 1.165) is 5.56 Å². The minimum atomic E-state index is -0.207. The molecule has 3 nitrogen and oxygen atoms in total. The Hall–Kier alpha value is -2.29. The largest absolute Gasteiger partial charge is 0.507 e. The summed E-state index contributed by atoms with van der Waals surface area (Å²) in [6.07, 6.45) is 7.76. The summed E-state index contributed by atoms with van der Waals surface area (Å²) >= 11 is 0. The van der Waals surface area contributed by atoms with E-state index in [1.54, 1.807) is 6.07 Å². The molecule has 90 valence electrons. The van der Waals surface area contributed by atoms with Gasteiger partial charge in [-0.2, -0.15) is 0 Å². The average Bonchev–Trinajstić information content (AvgIpc) is 2.87. The van der Waals surface area contributed by atoms with Gasteiger partial charge in [0.2, 0.25) is 0 Å². The molecule has 0 bridgehead atoms. The molecule has 0 spiro atoms. The van der Waals surface area contributed by atoms with Crippen LogP contribution in [0.1, 0.15) is 17.2 Å². The predicted molar refractivity (Wildman–Crippen MR) is 69.9 cm³/mol. The zero-order valence-electron chi connectivity index (χ0n) is 9.88. The van der Waals surface area contributed by atoms with Crippen molar-refractivity contribution in [2.75, 3.05) is 0 Å². The Bertz CT molecular complexity index is 723. The fourth-order valence-electron chi connectivity index (χ4n) is 2.18. The van der Waals surface area contributed by atoms with Gasteiger partial charge in [0.05, 0.1) is 5.92 Å². The number of phenols is 1. The van der Waals surface area contributed by atoms with Crippen LogP contribution in [0.3, 0.4) is 0 Å². The van der Waals surface area contributed by atoms with Crippen LogP contribution in [0.25, 0.3) is 11.0 Å². The van der Waals surface area contributed by atoms with Crippen LogP contribution in [-0.2, 0) is 0 Å². The topological polar surface area (TPSA) is 50.4 Å². The maximum Gasteiger partial charge on any atom is 0.196 e. The molecule has 1 aromatic carbocycles. The smallest absolute Gasteiger partial charge is 0.196 e. The van der Waals surface area contributed by atoms with Gasteiger partial charge in [-0.25, -0.2) is 0 Å². The van der Waals surface area contributed by atoms with Crippen LogP contribution < -0.4 is 5.43 Å². The van der Waals surface area contributed by atoms with Crippen molar-refractivity contribution in [3.05, 3.63) is 64.1 Å². The van der Waals surface area contributed by atoms with E-state index >= 15 is 0 Å². The maximum absolute atomic E-state index is 12.1. The van der Waals surface area contributed by atoms with E-state index in [0.29, 0.717) is 11.3 Å². The number of allylic oxidation sites excluding steroid dienone is 4. The number of phenolic OH excluding ortho intramolecular Hbond substituents is 1. The zero-order chi connectivity index (χ0) is 12.7. The summed E-state index contributed by atoms with van der Waals surface area (Å²) in [5.41, 5.74) is 1.10. The summed E-state index contributed by atoms with van der Waals surface area (Å²) in [6.45, 7) is 1.86. The molecular weight excluding hydrogens is 228 g/mol. The van der Waals surface area contributed by atoms with Crippen LogP contribution in [0.5, 0.6) is 5.75 Å². The first-order valence-electron chi connectivity index (χ1n) is 5.78. The summed E-state index contributed by atoms with van der Waals surface area (Å²) in [4.78, 5) is 12.1. The molecule has 2 aromatic rings. The summed E-state index contributed by atoms with van der Waals surface area (Å²) < 4.78 is 5.78. The van der Waals surface area contributed by atoms with Gasteiger partial charge in [0.1, 0.15) is 22.5 Å². The molecule has 0 saturated carbocycles. The van der Waals surface area contributed by atoms with Crippen LogP contribution in [0.4, 0.5) is 0 Å². The van der Waals surface area contributed by atoms with Gasteiger partial charge >= 0.3 is 0 Å². The lowest BCUT2D eigenvalue weighted by molar-refractivity contribution is 0.477. The minimum Gasteiger partial charge on any atom is -0.507 e. The maximum atomic E-state index is 12.1. The van der Waals surface area contributed by atoms with Crippen molar-refractivity contribution in [3.63, 3.8) is 0 Å². The highest BCUT2D eigenvalue weighted by Gasteiger charge is 2.15. The fourth-order valence-corrected chi connectivity index (χ4v) is 2.18. The van der Waals surface area contributed by atoms with Crippen molar-refractivity contribution in [2.24, 2.45) is 0 Å². The van der Waals surface area contributed by atoms with E-state index in [4.69, 9.17) is 4.42 Å². The predicted octanol–water partition coefficient (Wildman–Crippen LogP) is 3.02. The molecule has 1 aliphatic carbocycles. The number of aromatic hydroxyl groups is 1. The fraction of sp³-hybridized carbons (Fsp3) is 0.133. The normalized spacial score (nSPS) is 14.7. The van der Waals surface area contributed by atoms with Gasteiger partial charge in [-0.05, 0) is 18.6 Å². The van der Waals surface area contributed by atoms with Crippen LogP contribution in [0.2, 0.25) is 0 Å². The first-order chi connectivity index (χ1) is 8.66. The molecule has 1 N–H and O–H groups in total. The molecule has 0 saturated heterocycles. The third-order valence-corrected chi connectivity index (χ3v) is 3.15. The van der Waals surface area contributed by atoms with Gasteiger partial charge in [0.25, 0.3) is 0 Å². The molecule has 0 unspecified atom stereocenters. The van der Waals surface area contributed by atoms with Crippen LogP contribution in [0, 0.1) is 6.92 Å². The lowest BCUT2D eigenvalue weighted by Gasteiger charge is -2.08. The molecule has 0 aliphatic heterocycles. The molecule has 0 radical (unpaired) electrons. The highest BCUT2D eigenvalue weighted by molar-refractivity contribution is 5.85. The number of hydrogen-bond acceptors (Lipinski definition) is 3. The lowest BCUT2D eigenvalue weighted by Crippen LogP contribution is -2.04. The third-order valence-electron chi connectivity index (χ3n) is 3.15. The number of fused-ring (bicyclic) bond motifs is 1. The third kappa shape index (κ3) is 1.56. The molecule has 0 atom stereocenters. The Morgan fingerprint density at radius 1 is 1.22 bits per heavy atom. The molecule has 3 rings (SSSR count). The van der Waals surface area contributed by atoms with Crippen molar-refractivity contribution >= 4 is 11.0 Å². The van der Waals surface area contributed by atoms with Crippen molar-refractivity contribution in [1.82, 2.24) is 0 Å². The Labute approximate surface area is 104 Å². The molecule has 1 heterocycles. The van der Waals surface area contributed by atoms with Gasteiger partial charge < -0.3 is 9.52 Å². The second kappa shape index (κ2) is 3.88. The first kappa shape index (κ1) is 10.8. The summed E-state index contributed by atoms with van der Waals surface area (Å²) in [5, 5.41) is 10.00. The van der Waals surface area contributed by atoms with Gasteiger partial charge in [-0.3, -0.25) is 4.79 Å². The Balaban J connectivity index is 2.33. The summed E-state index contributed by atoms with van der Waals surface area (Å²) in [7, 11) is 0. The van der Waals surface area contributed by atoms with Crippen LogP contribution in [0.15, 0.2) is 51.7 Å². The van der Waals surface area contributed by atoms with E-state index < -0.39 is 0 Å². The van der Waals surface area contributed by atoms with Crippen LogP contribution >= 0.6 is 0 Å². The average molecular weight is 240 g/mol. The van der Waals surface area contributed by atoms with Crippen LogP contribution in [-0.4, -0.2) is 5.11 Å². The highest BCUT2D eigenvalue weighted by atomic mass is 16.3. The molecule has 18 heavy (non-hydrogen) atoms. The monoisotopic (exact) mass is 240 g/mol. The van der Waals surface area contributed by atoms with Crippen molar-refractivity contribution in [1.29, 1.82) is 0 Å². The lowest BCUT2D eigenvalue weighted by atomic mass is 10.1. The SMILES string of the molecule is Cc1ccc(O)c2c(=O)cc(C3C=CC=C3)oc12. The Morgan fingerprint density at radius 3 is 2.67 bits per heavy atom. The highest BCUT2D eigenvalue weighted by Crippen LogP contribution is 2.29. The molecule has 3 heteroatoms. The van der Waals surface area contributed by atoms with Crippen molar-refractivity contribution in [2.45, 2.75) is 12.8 Å². The first-order valence-corrected chi connectivity index (χ1v) is 5.78. The van der Waals surface area contributed by atoms with Gasteiger partial charge in [-0.15, -0.1) is 0 Å². The Kier molecular flexibility index (Phi) is 2.33. The second-order valence-electron chi connectivity index (χ2n) is 4.41. The molecule has 1 aromatic heterocycles. The summed E-state index contributed by atoms with van der Waals surface area (Å²) in [6, 6.07) is 4.71. The summed E-state index contributed by atoms with van der Waals surface area (Å²) in [5.74, 6) is 0.573. The van der Waals surface area contributed by atoms with E-state index in [2.05, 4.69) is 0 Å². The molecule has 0 amide bonds. The standard InChI is InChI=1S/C15H12O3/c1-9-6-7-11(16)14-12(17)8-13(18-15(9)14)10-4-2-3-5-10/h2-8,10,16H,1H3. The van der Waals surface area contributed by atoms with Crippen molar-refractivity contribution in [3.8, 4) is 5.75 Å². The Morgan fingerprint density at radius 2 is 1.94 bits per heavy atom. The number of aryl methyl sites for hydroxylation is 1. The van der Waals surface area contributed by atoms with E-state index in [1.165, 1.54) is 12.1 Å². The number of benzene rings is 1. The molecular formula is C15H12O3.